The molecular formula is C18H22N8O2. The predicted octanol–water partition coefficient (Wildman–Crippen LogP) is 1.00. The zero-order valence-electron chi connectivity index (χ0n) is 15.5. The third-order valence-electron chi connectivity index (χ3n) is 5.27. The van der Waals surface area contributed by atoms with Gasteiger partial charge in [-0.3, -0.25) is 9.89 Å². The fourth-order valence-corrected chi connectivity index (χ4v) is 3.56. The fourth-order valence-electron chi connectivity index (χ4n) is 3.56. The molecule has 0 radical (unpaired) electrons. The lowest BCUT2D eigenvalue weighted by Gasteiger charge is -2.17. The highest BCUT2D eigenvalue weighted by Gasteiger charge is 2.27. The molecule has 2 aliphatic rings. The fraction of sp³-hybridized carbons (Fsp3) is 0.444. The van der Waals surface area contributed by atoms with Crippen LogP contribution in [0.3, 0.4) is 0 Å². The van der Waals surface area contributed by atoms with E-state index in [-0.39, 0.29) is 5.91 Å². The van der Waals surface area contributed by atoms with Crippen molar-refractivity contribution >= 4 is 29.0 Å². The van der Waals surface area contributed by atoms with E-state index < -0.39 is 6.10 Å². The van der Waals surface area contributed by atoms with Crippen molar-refractivity contribution in [3.05, 3.63) is 29.6 Å². The lowest BCUT2D eigenvalue weighted by atomic mass is 10.3. The average molecular weight is 382 g/mol. The number of aromatic amines is 1. The summed E-state index contributed by atoms with van der Waals surface area (Å²) in [6.45, 7) is 1.13. The highest BCUT2D eigenvalue weighted by molar-refractivity contribution is 5.94. The monoisotopic (exact) mass is 382 g/mol. The second-order valence-corrected chi connectivity index (χ2v) is 7.35. The number of aromatic nitrogens is 5. The van der Waals surface area contributed by atoms with Gasteiger partial charge >= 0.3 is 0 Å². The second-order valence-electron chi connectivity index (χ2n) is 7.35. The molecule has 1 aliphatic heterocycles. The normalized spacial score (nSPS) is 19.4. The summed E-state index contributed by atoms with van der Waals surface area (Å²) in [5, 5.41) is 27.7. The predicted molar refractivity (Wildman–Crippen MR) is 103 cm³/mol. The Hall–Kier alpha value is -3.14. The number of H-pyrrole nitrogens is 1. The van der Waals surface area contributed by atoms with E-state index in [1.165, 1.54) is 12.8 Å². The number of anilines is 3. The lowest BCUT2D eigenvalue weighted by Crippen LogP contribution is -2.26. The van der Waals surface area contributed by atoms with E-state index in [0.717, 1.165) is 5.69 Å². The quantitative estimate of drug-likeness (QED) is 0.519. The molecule has 0 unspecified atom stereocenters. The first kappa shape index (κ1) is 17.0. The zero-order valence-corrected chi connectivity index (χ0v) is 15.5. The lowest BCUT2D eigenvalue weighted by molar-refractivity contribution is 0.0956. The van der Waals surface area contributed by atoms with Crippen LogP contribution >= 0.6 is 0 Å². The maximum Gasteiger partial charge on any atom is 0.269 e. The number of β-amino-alcohol motifs (C(OH)–C–C–N with tert-alkyl or cyclic N) is 1. The van der Waals surface area contributed by atoms with Crippen molar-refractivity contribution in [2.75, 3.05) is 30.4 Å². The van der Waals surface area contributed by atoms with Crippen molar-refractivity contribution in [1.29, 1.82) is 0 Å². The number of hydrogen-bond donors (Lipinski definition) is 4. The van der Waals surface area contributed by atoms with E-state index in [9.17, 15) is 9.90 Å². The molecule has 10 heteroatoms. The van der Waals surface area contributed by atoms with Gasteiger partial charge in [-0.25, -0.2) is 4.52 Å². The number of carbonyl (C=O) groups is 1. The van der Waals surface area contributed by atoms with Gasteiger partial charge in [0.15, 0.2) is 11.6 Å². The smallest absolute Gasteiger partial charge is 0.269 e. The molecule has 146 valence electrons. The van der Waals surface area contributed by atoms with Gasteiger partial charge in [-0.15, -0.1) is 5.10 Å². The highest BCUT2D eigenvalue weighted by atomic mass is 16.3. The minimum atomic E-state index is -0.397. The third-order valence-corrected chi connectivity index (χ3v) is 5.27. The molecule has 1 aliphatic carbocycles. The first-order valence-corrected chi connectivity index (χ1v) is 9.49. The van der Waals surface area contributed by atoms with Crippen molar-refractivity contribution in [2.45, 2.75) is 31.3 Å². The van der Waals surface area contributed by atoms with Gasteiger partial charge in [0.05, 0.1) is 6.10 Å². The van der Waals surface area contributed by atoms with E-state index in [1.807, 2.05) is 17.0 Å². The van der Waals surface area contributed by atoms with Gasteiger partial charge in [0, 0.05) is 37.8 Å². The van der Waals surface area contributed by atoms with Gasteiger partial charge in [-0.1, -0.05) is 0 Å². The van der Waals surface area contributed by atoms with Crippen LogP contribution in [0.25, 0.3) is 5.52 Å². The summed E-state index contributed by atoms with van der Waals surface area (Å²) >= 11 is 0. The van der Waals surface area contributed by atoms with Crippen LogP contribution < -0.4 is 15.5 Å². The summed E-state index contributed by atoms with van der Waals surface area (Å²) in [7, 11) is 1.59. The largest absolute Gasteiger partial charge is 0.391 e. The Morgan fingerprint density at radius 3 is 2.89 bits per heavy atom. The maximum atomic E-state index is 12.2. The summed E-state index contributed by atoms with van der Waals surface area (Å²) in [5.41, 5.74) is 2.22. The van der Waals surface area contributed by atoms with E-state index >= 15 is 0 Å². The molecule has 3 aromatic rings. The van der Waals surface area contributed by atoms with Crippen LogP contribution in [0.5, 0.6) is 0 Å². The van der Waals surface area contributed by atoms with Gasteiger partial charge in [-0.05, 0) is 31.4 Å². The van der Waals surface area contributed by atoms with Crippen molar-refractivity contribution in [3.8, 4) is 0 Å². The van der Waals surface area contributed by atoms with E-state index in [4.69, 9.17) is 0 Å². The van der Waals surface area contributed by atoms with Gasteiger partial charge in [0.25, 0.3) is 5.91 Å². The topological polar surface area (TPSA) is 123 Å². The Labute approximate surface area is 160 Å². The number of amides is 1. The third kappa shape index (κ3) is 2.95. The number of nitrogens with zero attached hydrogens (tertiary/aromatic N) is 5. The molecule has 28 heavy (non-hydrogen) atoms. The second kappa shape index (κ2) is 6.48. The van der Waals surface area contributed by atoms with Crippen molar-refractivity contribution in [2.24, 2.45) is 0 Å². The minimum absolute atomic E-state index is 0.229. The standard InChI is InChI=1S/C18H22N8O2/c1-19-17(28)14-5-4-13-16(20-15-8-12(22-23-15)10-2-3-10)21-18(24-26(13)14)25-7-6-11(27)9-25/h4-5,8,10-11,27H,2-3,6-7,9H2,1H3,(H,19,28)(H2,20,21,22,23,24)/t11-/m0/s1. The molecule has 5 rings (SSSR count). The molecule has 0 aromatic carbocycles. The van der Waals surface area contributed by atoms with Crippen LogP contribution in [0.2, 0.25) is 0 Å². The van der Waals surface area contributed by atoms with Gasteiger partial charge in [-0.2, -0.15) is 10.1 Å². The van der Waals surface area contributed by atoms with E-state index in [2.05, 4.69) is 30.9 Å². The molecule has 4 N–H and O–H groups in total. The molecule has 4 heterocycles. The number of aliphatic hydroxyl groups is 1. The molecule has 2 fully saturated rings. The summed E-state index contributed by atoms with van der Waals surface area (Å²) in [4.78, 5) is 18.8. The van der Waals surface area contributed by atoms with Crippen LogP contribution in [0.4, 0.5) is 17.6 Å². The number of rotatable bonds is 5. The van der Waals surface area contributed by atoms with Crippen LogP contribution in [-0.2, 0) is 0 Å². The molecular weight excluding hydrogens is 360 g/mol. The van der Waals surface area contributed by atoms with Crippen molar-refractivity contribution < 1.29 is 9.90 Å². The Morgan fingerprint density at radius 1 is 1.32 bits per heavy atom. The van der Waals surface area contributed by atoms with Crippen molar-refractivity contribution in [1.82, 2.24) is 30.1 Å². The Kier molecular flexibility index (Phi) is 3.93. The highest BCUT2D eigenvalue weighted by Crippen LogP contribution is 2.39. The minimum Gasteiger partial charge on any atom is -0.391 e. The van der Waals surface area contributed by atoms with Gasteiger partial charge in [0.1, 0.15) is 11.2 Å². The Morgan fingerprint density at radius 2 is 2.18 bits per heavy atom. The zero-order chi connectivity index (χ0) is 19.3. The van der Waals surface area contributed by atoms with Crippen LogP contribution in [-0.4, -0.2) is 62.1 Å². The number of fused-ring (bicyclic) bond motifs is 1. The first-order valence-electron chi connectivity index (χ1n) is 9.49. The van der Waals surface area contributed by atoms with E-state index in [1.54, 1.807) is 17.6 Å². The van der Waals surface area contributed by atoms with Gasteiger partial charge in [0.2, 0.25) is 5.95 Å². The molecule has 1 amide bonds. The van der Waals surface area contributed by atoms with Gasteiger partial charge < -0.3 is 20.6 Å². The number of aliphatic hydroxyl groups excluding tert-OH is 1. The first-order chi connectivity index (χ1) is 13.6. The molecule has 1 saturated heterocycles. The molecule has 1 saturated carbocycles. The molecule has 0 bridgehead atoms. The summed E-state index contributed by atoms with van der Waals surface area (Å²) < 4.78 is 1.59. The molecule has 3 aromatic heterocycles. The molecule has 10 nitrogen and oxygen atoms in total. The maximum absolute atomic E-state index is 12.2. The summed E-state index contributed by atoms with van der Waals surface area (Å²) in [6, 6.07) is 5.53. The number of carbonyl (C=O) groups excluding carboxylic acids is 1. The summed E-state index contributed by atoms with van der Waals surface area (Å²) in [5.74, 6) is 2.05. The molecule has 1 atom stereocenters. The number of hydrogen-bond acceptors (Lipinski definition) is 7. The van der Waals surface area contributed by atoms with Crippen LogP contribution in [0, 0.1) is 0 Å². The molecule has 0 spiro atoms. The average Bonchev–Trinajstić information content (AvgIpc) is 3.08. The Balaban J connectivity index is 1.56. The summed E-state index contributed by atoms with van der Waals surface area (Å²) in [6.07, 6.45) is 2.65. The SMILES string of the molecule is CNC(=O)c1ccc2c(Nc3cc(C4CC4)[nH]n3)nc(N3CC[C@H](O)C3)nn12. The van der Waals surface area contributed by atoms with Crippen LogP contribution in [0.1, 0.15) is 41.4 Å². The van der Waals surface area contributed by atoms with E-state index in [0.29, 0.717) is 54.2 Å². The Bertz CT molecular complexity index is 1040. The van der Waals surface area contributed by atoms with Crippen LogP contribution in [0.15, 0.2) is 18.2 Å². The van der Waals surface area contributed by atoms with Crippen molar-refractivity contribution in [3.63, 3.8) is 0 Å². The number of nitrogens with one attached hydrogen (secondary N) is 3.